The number of aromatic hydroxyl groups is 1. The van der Waals surface area contributed by atoms with E-state index in [1.54, 1.807) is 28.8 Å². The Morgan fingerprint density at radius 2 is 2.35 bits per heavy atom. The van der Waals surface area contributed by atoms with Crippen LogP contribution in [0, 0.1) is 5.82 Å². The van der Waals surface area contributed by atoms with Crippen molar-refractivity contribution in [1.29, 1.82) is 0 Å². The van der Waals surface area contributed by atoms with Crippen LogP contribution in [0.4, 0.5) is 4.39 Å². The molecule has 3 rings (SSSR count). The SMILES string of the molecule is CSC[C@H]1CCCN1C(=O)c1nn(-c2cccc(F)c2)cc1O. The molecule has 1 amide bonds. The van der Waals surface area contributed by atoms with E-state index in [0.29, 0.717) is 12.2 Å². The first kappa shape index (κ1) is 15.9. The lowest BCUT2D eigenvalue weighted by Gasteiger charge is -2.23. The van der Waals surface area contributed by atoms with Crippen molar-refractivity contribution in [2.45, 2.75) is 18.9 Å². The fourth-order valence-electron chi connectivity index (χ4n) is 2.87. The van der Waals surface area contributed by atoms with Crippen molar-refractivity contribution in [2.24, 2.45) is 0 Å². The summed E-state index contributed by atoms with van der Waals surface area (Å²) in [5.41, 5.74) is 0.476. The number of hydrogen-bond acceptors (Lipinski definition) is 4. The molecule has 1 aliphatic rings. The van der Waals surface area contributed by atoms with E-state index in [2.05, 4.69) is 5.10 Å². The van der Waals surface area contributed by atoms with Crippen LogP contribution in [0.15, 0.2) is 30.5 Å². The number of rotatable bonds is 4. The standard InChI is InChI=1S/C16H18FN3O2S/c1-23-10-13-6-3-7-19(13)16(22)15-14(21)9-20(18-15)12-5-2-4-11(17)8-12/h2,4-5,8-9,13,21H,3,6-7,10H2,1H3/t13-/m1/s1. The third-order valence-corrected chi connectivity index (χ3v) is 4.69. The van der Waals surface area contributed by atoms with Gasteiger partial charge < -0.3 is 10.0 Å². The van der Waals surface area contributed by atoms with Crippen LogP contribution in [0.25, 0.3) is 5.69 Å². The lowest BCUT2D eigenvalue weighted by atomic mass is 10.2. The first-order valence-electron chi connectivity index (χ1n) is 7.44. The van der Waals surface area contributed by atoms with Crippen LogP contribution in [0.2, 0.25) is 0 Å². The van der Waals surface area contributed by atoms with Gasteiger partial charge in [0.25, 0.3) is 5.91 Å². The average Bonchev–Trinajstić information content (AvgIpc) is 3.14. The third kappa shape index (κ3) is 3.19. The van der Waals surface area contributed by atoms with Crippen molar-refractivity contribution in [3.8, 4) is 11.4 Å². The topological polar surface area (TPSA) is 58.4 Å². The van der Waals surface area contributed by atoms with Crippen molar-refractivity contribution in [3.05, 3.63) is 42.0 Å². The number of carbonyl (C=O) groups excluding carboxylic acids is 1. The molecule has 1 aromatic carbocycles. The van der Waals surface area contributed by atoms with Gasteiger partial charge in [0.15, 0.2) is 11.4 Å². The number of thioether (sulfide) groups is 1. The first-order valence-corrected chi connectivity index (χ1v) is 8.84. The average molecular weight is 335 g/mol. The van der Waals surface area contributed by atoms with Gasteiger partial charge in [-0.15, -0.1) is 0 Å². The Hall–Kier alpha value is -2.02. The molecule has 1 aromatic heterocycles. The van der Waals surface area contributed by atoms with E-state index in [9.17, 15) is 14.3 Å². The molecule has 1 N–H and O–H groups in total. The Balaban J connectivity index is 1.87. The number of halogens is 1. The summed E-state index contributed by atoms with van der Waals surface area (Å²) >= 11 is 1.70. The molecule has 1 atom stereocenters. The predicted molar refractivity (Wildman–Crippen MR) is 87.6 cm³/mol. The highest BCUT2D eigenvalue weighted by atomic mass is 32.2. The summed E-state index contributed by atoms with van der Waals surface area (Å²) in [6, 6.07) is 6.02. The highest BCUT2D eigenvalue weighted by Gasteiger charge is 2.32. The molecule has 0 spiro atoms. The zero-order chi connectivity index (χ0) is 16.4. The van der Waals surface area contributed by atoms with Gasteiger partial charge >= 0.3 is 0 Å². The van der Waals surface area contributed by atoms with Gasteiger partial charge in [-0.05, 0) is 37.3 Å². The molecule has 1 fully saturated rings. The van der Waals surface area contributed by atoms with Gasteiger partial charge in [-0.1, -0.05) is 6.07 Å². The minimum Gasteiger partial charge on any atom is -0.504 e. The van der Waals surface area contributed by atoms with Crippen molar-refractivity contribution in [3.63, 3.8) is 0 Å². The summed E-state index contributed by atoms with van der Waals surface area (Å²) in [5.74, 6) is 0.0186. The smallest absolute Gasteiger partial charge is 0.278 e. The highest BCUT2D eigenvalue weighted by molar-refractivity contribution is 7.98. The van der Waals surface area contributed by atoms with Crippen LogP contribution in [0.5, 0.6) is 5.75 Å². The van der Waals surface area contributed by atoms with Crippen molar-refractivity contribution in [2.75, 3.05) is 18.6 Å². The number of amides is 1. The van der Waals surface area contributed by atoms with E-state index in [1.807, 2.05) is 6.26 Å². The molecule has 23 heavy (non-hydrogen) atoms. The minimum absolute atomic E-state index is 0.0160. The van der Waals surface area contributed by atoms with Gasteiger partial charge in [0, 0.05) is 18.3 Å². The molecule has 2 aromatic rings. The number of carbonyl (C=O) groups is 1. The maximum absolute atomic E-state index is 13.3. The number of nitrogens with zero attached hydrogens (tertiary/aromatic N) is 3. The van der Waals surface area contributed by atoms with Crippen LogP contribution in [0.3, 0.4) is 0 Å². The summed E-state index contributed by atoms with van der Waals surface area (Å²) < 4.78 is 14.6. The van der Waals surface area contributed by atoms with Crippen molar-refractivity contribution >= 4 is 17.7 Å². The monoisotopic (exact) mass is 335 g/mol. The molecule has 5 nitrogen and oxygen atoms in total. The van der Waals surface area contributed by atoms with Crippen molar-refractivity contribution < 1.29 is 14.3 Å². The largest absolute Gasteiger partial charge is 0.504 e. The van der Waals surface area contributed by atoms with Crippen LogP contribution in [0.1, 0.15) is 23.3 Å². The summed E-state index contributed by atoms with van der Waals surface area (Å²) in [6.45, 7) is 0.677. The van der Waals surface area contributed by atoms with E-state index < -0.39 is 5.82 Å². The zero-order valence-electron chi connectivity index (χ0n) is 12.8. The number of benzene rings is 1. The van der Waals surface area contributed by atoms with Gasteiger partial charge in [-0.2, -0.15) is 16.9 Å². The first-order chi connectivity index (χ1) is 11.1. The fourth-order valence-corrected chi connectivity index (χ4v) is 3.60. The molecule has 0 aliphatic carbocycles. The fraction of sp³-hybridized carbons (Fsp3) is 0.375. The summed E-state index contributed by atoms with van der Waals surface area (Å²) in [5, 5.41) is 14.2. The number of hydrogen-bond donors (Lipinski definition) is 1. The maximum Gasteiger partial charge on any atom is 0.278 e. The van der Waals surface area contributed by atoms with Crippen molar-refractivity contribution in [1.82, 2.24) is 14.7 Å². The molecule has 0 bridgehead atoms. The highest BCUT2D eigenvalue weighted by Crippen LogP contribution is 2.26. The molecule has 122 valence electrons. The molecular formula is C16H18FN3O2S. The van der Waals surface area contributed by atoms with E-state index in [4.69, 9.17) is 0 Å². The normalized spacial score (nSPS) is 17.7. The van der Waals surface area contributed by atoms with Crippen LogP contribution in [-0.4, -0.2) is 50.3 Å². The Kier molecular flexibility index (Phi) is 4.56. The Labute approximate surface area is 138 Å². The molecule has 0 saturated carbocycles. The summed E-state index contributed by atoms with van der Waals surface area (Å²) in [6.07, 6.45) is 5.28. The number of aromatic nitrogens is 2. The third-order valence-electron chi connectivity index (χ3n) is 3.97. The van der Waals surface area contributed by atoms with E-state index >= 15 is 0 Å². The maximum atomic E-state index is 13.3. The minimum atomic E-state index is -0.398. The van der Waals surface area contributed by atoms with Gasteiger partial charge in [0.2, 0.25) is 0 Å². The predicted octanol–water partition coefficient (Wildman–Crippen LogP) is 2.68. The summed E-state index contributed by atoms with van der Waals surface area (Å²) in [4.78, 5) is 14.4. The molecule has 2 heterocycles. The molecule has 0 unspecified atom stereocenters. The molecule has 1 saturated heterocycles. The van der Waals surface area contributed by atoms with Gasteiger partial charge in [0.1, 0.15) is 5.82 Å². The molecule has 7 heteroatoms. The van der Waals surface area contributed by atoms with Crippen LogP contribution < -0.4 is 0 Å². The van der Waals surface area contributed by atoms with Gasteiger partial charge in [-0.25, -0.2) is 9.07 Å². The van der Waals surface area contributed by atoms with E-state index in [0.717, 1.165) is 18.6 Å². The van der Waals surface area contributed by atoms with Gasteiger partial charge in [0.05, 0.1) is 11.9 Å². The van der Waals surface area contributed by atoms with Crippen LogP contribution >= 0.6 is 11.8 Å². The van der Waals surface area contributed by atoms with Crippen LogP contribution in [-0.2, 0) is 0 Å². The molecule has 1 aliphatic heterocycles. The molecule has 0 radical (unpaired) electrons. The molecular weight excluding hydrogens is 317 g/mol. The number of likely N-dealkylation sites (tertiary alicyclic amines) is 1. The lowest BCUT2D eigenvalue weighted by Crippen LogP contribution is -2.37. The Morgan fingerprint density at radius 1 is 1.52 bits per heavy atom. The second-order valence-corrected chi connectivity index (χ2v) is 6.45. The quantitative estimate of drug-likeness (QED) is 0.933. The van der Waals surface area contributed by atoms with Gasteiger partial charge in [-0.3, -0.25) is 4.79 Å². The summed E-state index contributed by atoms with van der Waals surface area (Å²) in [7, 11) is 0. The van der Waals surface area contributed by atoms with E-state index in [-0.39, 0.29) is 23.4 Å². The Morgan fingerprint density at radius 3 is 3.09 bits per heavy atom. The second-order valence-electron chi connectivity index (χ2n) is 5.54. The zero-order valence-corrected chi connectivity index (χ0v) is 13.6. The lowest BCUT2D eigenvalue weighted by molar-refractivity contribution is 0.0740. The second kappa shape index (κ2) is 6.62. The Bertz CT molecular complexity index is 719. The van der Waals surface area contributed by atoms with E-state index in [1.165, 1.54) is 23.0 Å².